The third-order valence-corrected chi connectivity index (χ3v) is 5.78. The average molecular weight is 368 g/mol. The number of hydrogen-bond donors (Lipinski definition) is 0. The molecule has 0 radical (unpaired) electrons. The fourth-order valence-corrected chi connectivity index (χ4v) is 3.95. The van der Waals surface area contributed by atoms with Gasteiger partial charge in [0.05, 0.1) is 6.61 Å². The largest absolute Gasteiger partial charge is 0.466 e. The van der Waals surface area contributed by atoms with Gasteiger partial charge in [-0.15, -0.1) is 0 Å². The molecular weight excluding hydrogens is 322 g/mol. The molecule has 1 aliphatic rings. The lowest BCUT2D eigenvalue weighted by Crippen LogP contribution is -2.38. The molecule has 1 fully saturated rings. The van der Waals surface area contributed by atoms with E-state index in [9.17, 15) is 4.79 Å². The van der Waals surface area contributed by atoms with Crippen molar-refractivity contribution in [1.29, 1.82) is 0 Å². The number of rotatable bonds is 16. The highest BCUT2D eigenvalue weighted by Gasteiger charge is 2.17. The molecule has 3 nitrogen and oxygen atoms in total. The summed E-state index contributed by atoms with van der Waals surface area (Å²) in [6.45, 7) is 7.48. The number of unbranched alkanes of at least 4 members (excludes halogenated alkanes) is 10. The Morgan fingerprint density at radius 2 is 1.50 bits per heavy atom. The van der Waals surface area contributed by atoms with Crippen molar-refractivity contribution < 1.29 is 9.53 Å². The summed E-state index contributed by atoms with van der Waals surface area (Å²) in [5, 5.41) is 0. The molecule has 3 heteroatoms. The van der Waals surface area contributed by atoms with Gasteiger partial charge in [-0.1, -0.05) is 77.6 Å². The molecule has 0 N–H and O–H groups in total. The van der Waals surface area contributed by atoms with E-state index >= 15 is 0 Å². The van der Waals surface area contributed by atoms with Crippen molar-refractivity contribution in [3.05, 3.63) is 0 Å². The number of carbonyl (C=O) groups excluding carboxylic acids is 1. The smallest absolute Gasteiger partial charge is 0.305 e. The number of carbonyl (C=O) groups is 1. The molecule has 0 amide bonds. The Kier molecular flexibility index (Phi) is 15.0. The molecule has 1 saturated heterocycles. The Labute approximate surface area is 163 Å². The molecule has 154 valence electrons. The third-order valence-electron chi connectivity index (χ3n) is 5.78. The molecule has 26 heavy (non-hydrogen) atoms. The monoisotopic (exact) mass is 367 g/mol. The van der Waals surface area contributed by atoms with Crippen LogP contribution in [-0.2, 0) is 9.53 Å². The van der Waals surface area contributed by atoms with Crippen LogP contribution in [-0.4, -0.2) is 36.6 Å². The predicted molar refractivity (Wildman–Crippen MR) is 112 cm³/mol. The maximum Gasteiger partial charge on any atom is 0.305 e. The number of hydrogen-bond acceptors (Lipinski definition) is 3. The standard InChI is InChI=1S/C23H45NO2/c1-3-4-5-6-7-8-9-10-11-12-13-18-23(25)26-21-16-20-24-19-15-14-17-22(24)2/h22H,3-21H2,1-2H3. The molecule has 0 bridgehead atoms. The first-order valence-corrected chi connectivity index (χ1v) is 11.6. The van der Waals surface area contributed by atoms with Crippen molar-refractivity contribution in [3.8, 4) is 0 Å². The van der Waals surface area contributed by atoms with Crippen LogP contribution in [0, 0.1) is 0 Å². The van der Waals surface area contributed by atoms with E-state index in [4.69, 9.17) is 4.74 Å². The van der Waals surface area contributed by atoms with Crippen molar-refractivity contribution in [3.63, 3.8) is 0 Å². The van der Waals surface area contributed by atoms with E-state index in [0.717, 1.165) is 19.4 Å². The van der Waals surface area contributed by atoms with Gasteiger partial charge in [-0.3, -0.25) is 4.79 Å². The molecule has 1 heterocycles. The van der Waals surface area contributed by atoms with Crippen molar-refractivity contribution in [1.82, 2.24) is 4.90 Å². The Bertz CT molecular complexity index is 332. The van der Waals surface area contributed by atoms with Gasteiger partial charge in [0.25, 0.3) is 0 Å². The second-order valence-corrected chi connectivity index (χ2v) is 8.24. The minimum absolute atomic E-state index is 0.00705. The number of ether oxygens (including phenoxy) is 1. The lowest BCUT2D eigenvalue weighted by molar-refractivity contribution is -0.144. The van der Waals surface area contributed by atoms with Crippen LogP contribution in [0.15, 0.2) is 0 Å². The van der Waals surface area contributed by atoms with Crippen LogP contribution >= 0.6 is 0 Å². The second-order valence-electron chi connectivity index (χ2n) is 8.24. The van der Waals surface area contributed by atoms with Gasteiger partial charge in [-0.05, 0) is 39.2 Å². The van der Waals surface area contributed by atoms with Crippen LogP contribution < -0.4 is 0 Å². The van der Waals surface area contributed by atoms with Crippen molar-refractivity contribution >= 4 is 5.97 Å². The maximum atomic E-state index is 11.8. The van der Waals surface area contributed by atoms with Gasteiger partial charge in [0.15, 0.2) is 0 Å². The van der Waals surface area contributed by atoms with Gasteiger partial charge in [0.2, 0.25) is 0 Å². The summed E-state index contributed by atoms with van der Waals surface area (Å²) in [4.78, 5) is 14.3. The van der Waals surface area contributed by atoms with Crippen molar-refractivity contribution in [2.24, 2.45) is 0 Å². The Hall–Kier alpha value is -0.570. The minimum Gasteiger partial charge on any atom is -0.466 e. The van der Waals surface area contributed by atoms with E-state index in [0.29, 0.717) is 19.1 Å². The molecular formula is C23H45NO2. The fourth-order valence-electron chi connectivity index (χ4n) is 3.95. The van der Waals surface area contributed by atoms with Gasteiger partial charge in [-0.2, -0.15) is 0 Å². The molecule has 0 saturated carbocycles. The summed E-state index contributed by atoms with van der Waals surface area (Å²) in [5.41, 5.74) is 0. The molecule has 0 aromatic carbocycles. The highest BCUT2D eigenvalue weighted by Crippen LogP contribution is 2.16. The number of nitrogens with zero attached hydrogens (tertiary/aromatic N) is 1. The SMILES string of the molecule is CCCCCCCCCCCCCC(=O)OCCCN1CCCCC1C. The predicted octanol–water partition coefficient (Wildman–Crippen LogP) is 6.50. The van der Waals surface area contributed by atoms with Crippen LogP contribution in [0.25, 0.3) is 0 Å². The molecule has 1 rings (SSSR count). The summed E-state index contributed by atoms with van der Waals surface area (Å²) < 4.78 is 5.39. The Balaban J connectivity index is 1.81. The zero-order valence-corrected chi connectivity index (χ0v) is 17.8. The topological polar surface area (TPSA) is 29.5 Å². The lowest BCUT2D eigenvalue weighted by Gasteiger charge is -2.33. The van der Waals surface area contributed by atoms with Crippen molar-refractivity contribution in [2.75, 3.05) is 19.7 Å². The fraction of sp³-hybridized carbons (Fsp3) is 0.957. The van der Waals surface area contributed by atoms with E-state index in [1.807, 2.05) is 0 Å². The maximum absolute atomic E-state index is 11.8. The zero-order valence-electron chi connectivity index (χ0n) is 17.8. The van der Waals surface area contributed by atoms with E-state index in [1.54, 1.807) is 0 Å². The highest BCUT2D eigenvalue weighted by molar-refractivity contribution is 5.69. The molecule has 0 aromatic heterocycles. The van der Waals surface area contributed by atoms with Crippen LogP contribution in [0.4, 0.5) is 0 Å². The summed E-state index contributed by atoms with van der Waals surface area (Å²) in [6.07, 6.45) is 20.1. The van der Waals surface area contributed by atoms with E-state index in [1.165, 1.54) is 90.0 Å². The average Bonchev–Trinajstić information content (AvgIpc) is 2.64. The molecule has 1 atom stereocenters. The summed E-state index contributed by atoms with van der Waals surface area (Å²) in [6, 6.07) is 0.704. The van der Waals surface area contributed by atoms with Gasteiger partial charge < -0.3 is 9.64 Å². The Morgan fingerprint density at radius 3 is 2.12 bits per heavy atom. The van der Waals surface area contributed by atoms with Gasteiger partial charge >= 0.3 is 5.97 Å². The van der Waals surface area contributed by atoms with Gasteiger partial charge in [-0.25, -0.2) is 0 Å². The lowest BCUT2D eigenvalue weighted by atomic mass is 10.0. The Morgan fingerprint density at radius 1 is 0.885 bits per heavy atom. The number of likely N-dealkylation sites (tertiary alicyclic amines) is 1. The van der Waals surface area contributed by atoms with E-state index < -0.39 is 0 Å². The normalized spacial score (nSPS) is 18.2. The second kappa shape index (κ2) is 16.6. The van der Waals surface area contributed by atoms with Crippen molar-refractivity contribution in [2.45, 2.75) is 123 Å². The minimum atomic E-state index is 0.00705. The third kappa shape index (κ3) is 12.7. The molecule has 0 aliphatic carbocycles. The quantitative estimate of drug-likeness (QED) is 0.230. The first kappa shape index (κ1) is 23.5. The first-order valence-electron chi connectivity index (χ1n) is 11.6. The van der Waals surface area contributed by atoms with Gasteiger partial charge in [0, 0.05) is 19.0 Å². The molecule has 1 aliphatic heterocycles. The van der Waals surface area contributed by atoms with Crippen LogP contribution in [0.3, 0.4) is 0 Å². The molecule has 1 unspecified atom stereocenters. The highest BCUT2D eigenvalue weighted by atomic mass is 16.5. The molecule has 0 aromatic rings. The number of piperidine rings is 1. The van der Waals surface area contributed by atoms with Crippen LogP contribution in [0.1, 0.15) is 117 Å². The van der Waals surface area contributed by atoms with Crippen LogP contribution in [0.2, 0.25) is 0 Å². The summed E-state index contributed by atoms with van der Waals surface area (Å²) in [5.74, 6) is 0.00705. The van der Waals surface area contributed by atoms with Crippen LogP contribution in [0.5, 0.6) is 0 Å². The summed E-state index contributed by atoms with van der Waals surface area (Å²) in [7, 11) is 0. The molecule has 0 spiro atoms. The van der Waals surface area contributed by atoms with E-state index in [2.05, 4.69) is 18.7 Å². The number of esters is 1. The van der Waals surface area contributed by atoms with Gasteiger partial charge in [0.1, 0.15) is 0 Å². The first-order chi connectivity index (χ1) is 12.7. The summed E-state index contributed by atoms with van der Waals surface area (Å²) >= 11 is 0. The van der Waals surface area contributed by atoms with E-state index in [-0.39, 0.29) is 5.97 Å². The zero-order chi connectivity index (χ0) is 18.9.